The Hall–Kier alpha value is -2.63. The fourth-order valence-corrected chi connectivity index (χ4v) is 3.28. The number of amides is 1. The molecule has 0 unspecified atom stereocenters. The van der Waals surface area contributed by atoms with E-state index in [-0.39, 0.29) is 11.9 Å². The molecule has 0 bridgehead atoms. The lowest BCUT2D eigenvalue weighted by Gasteiger charge is -2.36. The van der Waals surface area contributed by atoms with Crippen molar-refractivity contribution < 1.29 is 4.79 Å². The van der Waals surface area contributed by atoms with Gasteiger partial charge in [-0.15, -0.1) is 0 Å². The monoisotopic (exact) mass is 295 g/mol. The van der Waals surface area contributed by atoms with E-state index in [9.17, 15) is 4.79 Å². The van der Waals surface area contributed by atoms with Gasteiger partial charge in [0.1, 0.15) is 11.0 Å². The molecule has 0 spiro atoms. The van der Waals surface area contributed by atoms with Crippen molar-refractivity contribution in [2.24, 2.45) is 0 Å². The normalized spacial score (nSPS) is 17.7. The van der Waals surface area contributed by atoms with Crippen LogP contribution in [0.25, 0.3) is 11.0 Å². The predicted octanol–water partition coefficient (Wildman–Crippen LogP) is 2.37. The smallest absolute Gasteiger partial charge is 0.254 e. The second kappa shape index (κ2) is 4.98. The van der Waals surface area contributed by atoms with E-state index in [1.54, 1.807) is 0 Å². The van der Waals surface area contributed by atoms with Crippen molar-refractivity contribution >= 4 is 16.9 Å². The third kappa shape index (κ3) is 1.91. The molecule has 1 aliphatic heterocycles. The van der Waals surface area contributed by atoms with Gasteiger partial charge in [0.15, 0.2) is 0 Å². The summed E-state index contributed by atoms with van der Waals surface area (Å²) in [4.78, 5) is 14.9. The molecule has 2 aromatic heterocycles. The number of carbonyl (C=O) groups is 1. The zero-order valence-electron chi connectivity index (χ0n) is 12.4. The van der Waals surface area contributed by atoms with Crippen LogP contribution < -0.4 is 0 Å². The molecule has 1 amide bonds. The topological polar surface area (TPSA) is 66.8 Å². The van der Waals surface area contributed by atoms with Crippen LogP contribution >= 0.6 is 0 Å². The van der Waals surface area contributed by atoms with Crippen molar-refractivity contribution in [2.75, 3.05) is 6.54 Å². The van der Waals surface area contributed by atoms with Crippen LogP contribution in [0.4, 0.5) is 0 Å². The van der Waals surface area contributed by atoms with Crippen molar-refractivity contribution in [3.8, 4) is 0 Å². The number of aromatic nitrogens is 4. The molecule has 6 nitrogen and oxygen atoms in total. The molecule has 3 aromatic rings. The van der Waals surface area contributed by atoms with E-state index < -0.39 is 0 Å². The molecule has 6 heteroatoms. The summed E-state index contributed by atoms with van der Waals surface area (Å²) in [7, 11) is 0. The predicted molar refractivity (Wildman–Crippen MR) is 82.4 cm³/mol. The minimum Gasteiger partial charge on any atom is -0.348 e. The molecule has 0 radical (unpaired) electrons. The lowest BCUT2D eigenvalue weighted by atomic mass is 10.0. The van der Waals surface area contributed by atoms with Crippen LogP contribution in [0.3, 0.4) is 0 Å². The molecule has 1 N–H and O–H groups in total. The van der Waals surface area contributed by atoms with E-state index in [4.69, 9.17) is 0 Å². The van der Waals surface area contributed by atoms with Gasteiger partial charge < -0.3 is 9.47 Å². The van der Waals surface area contributed by atoms with Crippen LogP contribution in [0.15, 0.2) is 36.5 Å². The highest BCUT2D eigenvalue weighted by Gasteiger charge is 2.30. The fraction of sp³-hybridized carbons (Fsp3) is 0.312. The number of rotatable bonds is 2. The van der Waals surface area contributed by atoms with Gasteiger partial charge in [0.25, 0.3) is 5.91 Å². The van der Waals surface area contributed by atoms with E-state index in [2.05, 4.69) is 39.2 Å². The first-order valence-electron chi connectivity index (χ1n) is 7.54. The summed E-state index contributed by atoms with van der Waals surface area (Å²) in [5, 5.41) is 10.7. The van der Waals surface area contributed by atoms with Gasteiger partial charge in [0, 0.05) is 30.5 Å². The van der Waals surface area contributed by atoms with E-state index >= 15 is 0 Å². The SMILES string of the molecule is CC[C@H]1c2cccn2CCN1C(=O)c1ccc2n[nH]nc2c1. The van der Waals surface area contributed by atoms with E-state index in [0.717, 1.165) is 30.5 Å². The number of fused-ring (bicyclic) bond motifs is 2. The summed E-state index contributed by atoms with van der Waals surface area (Å²) in [5.74, 6) is 0.0594. The molecule has 4 rings (SSSR count). The molecule has 0 saturated heterocycles. The van der Waals surface area contributed by atoms with Gasteiger partial charge in [-0.2, -0.15) is 15.4 Å². The van der Waals surface area contributed by atoms with Crippen molar-refractivity contribution in [3.05, 3.63) is 47.8 Å². The summed E-state index contributed by atoms with van der Waals surface area (Å²) in [6, 6.07) is 9.75. The Morgan fingerprint density at radius 3 is 3.00 bits per heavy atom. The third-order valence-electron chi connectivity index (χ3n) is 4.37. The van der Waals surface area contributed by atoms with Gasteiger partial charge in [0.2, 0.25) is 0 Å². The lowest BCUT2D eigenvalue weighted by Crippen LogP contribution is -2.41. The quantitative estimate of drug-likeness (QED) is 0.789. The number of aromatic amines is 1. The Morgan fingerprint density at radius 2 is 2.14 bits per heavy atom. The summed E-state index contributed by atoms with van der Waals surface area (Å²) in [6.45, 7) is 3.70. The first-order valence-corrected chi connectivity index (χ1v) is 7.54. The van der Waals surface area contributed by atoms with Crippen LogP contribution in [0.2, 0.25) is 0 Å². The number of hydrogen-bond acceptors (Lipinski definition) is 3. The van der Waals surface area contributed by atoms with E-state index in [0.29, 0.717) is 5.56 Å². The molecule has 0 saturated carbocycles. The molecule has 0 aliphatic carbocycles. The van der Waals surface area contributed by atoms with Gasteiger partial charge in [-0.25, -0.2) is 0 Å². The average Bonchev–Trinajstić information content (AvgIpc) is 3.20. The average molecular weight is 295 g/mol. The van der Waals surface area contributed by atoms with Crippen LogP contribution in [-0.4, -0.2) is 37.3 Å². The van der Waals surface area contributed by atoms with Crippen LogP contribution in [-0.2, 0) is 6.54 Å². The van der Waals surface area contributed by atoms with E-state index in [1.165, 1.54) is 5.69 Å². The van der Waals surface area contributed by atoms with Crippen molar-refractivity contribution in [1.29, 1.82) is 0 Å². The number of hydrogen-bond donors (Lipinski definition) is 1. The van der Waals surface area contributed by atoms with Crippen molar-refractivity contribution in [2.45, 2.75) is 25.9 Å². The molecule has 3 heterocycles. The zero-order valence-corrected chi connectivity index (χ0v) is 12.4. The first kappa shape index (κ1) is 13.1. The molecule has 0 fully saturated rings. The summed E-state index contributed by atoms with van der Waals surface area (Å²) >= 11 is 0. The summed E-state index contributed by atoms with van der Waals surface area (Å²) in [6.07, 6.45) is 2.99. The molecular formula is C16H17N5O. The number of benzene rings is 1. The molecule has 112 valence electrons. The highest BCUT2D eigenvalue weighted by atomic mass is 16.2. The highest BCUT2D eigenvalue weighted by Crippen LogP contribution is 2.30. The minimum atomic E-state index is 0.0594. The largest absolute Gasteiger partial charge is 0.348 e. The van der Waals surface area contributed by atoms with Crippen LogP contribution in [0.5, 0.6) is 0 Å². The molecular weight excluding hydrogens is 278 g/mol. The first-order chi connectivity index (χ1) is 10.8. The number of H-pyrrole nitrogens is 1. The Bertz CT molecular complexity index is 834. The summed E-state index contributed by atoms with van der Waals surface area (Å²) in [5.41, 5.74) is 3.37. The highest BCUT2D eigenvalue weighted by molar-refractivity contribution is 5.97. The maximum absolute atomic E-state index is 12.9. The minimum absolute atomic E-state index is 0.0594. The van der Waals surface area contributed by atoms with Crippen LogP contribution in [0.1, 0.15) is 35.4 Å². The zero-order chi connectivity index (χ0) is 15.1. The molecule has 1 atom stereocenters. The Balaban J connectivity index is 1.69. The van der Waals surface area contributed by atoms with Crippen molar-refractivity contribution in [1.82, 2.24) is 24.9 Å². The van der Waals surface area contributed by atoms with E-state index in [1.807, 2.05) is 29.2 Å². The van der Waals surface area contributed by atoms with Crippen molar-refractivity contribution in [3.63, 3.8) is 0 Å². The van der Waals surface area contributed by atoms with Gasteiger partial charge in [-0.1, -0.05) is 6.92 Å². The maximum Gasteiger partial charge on any atom is 0.254 e. The second-order valence-corrected chi connectivity index (χ2v) is 5.58. The standard InChI is InChI=1S/C16H17N5O/c1-2-14-15-4-3-7-20(15)8-9-21(14)16(22)11-5-6-12-13(10-11)18-19-17-12/h3-7,10,14H,2,8-9H2,1H3,(H,17,18,19)/t14-/m0/s1. The number of nitrogens with zero attached hydrogens (tertiary/aromatic N) is 4. The van der Waals surface area contributed by atoms with Gasteiger partial charge >= 0.3 is 0 Å². The van der Waals surface area contributed by atoms with Crippen LogP contribution in [0, 0.1) is 0 Å². The summed E-state index contributed by atoms with van der Waals surface area (Å²) < 4.78 is 2.23. The lowest BCUT2D eigenvalue weighted by molar-refractivity contribution is 0.0618. The van der Waals surface area contributed by atoms with Gasteiger partial charge in [-0.3, -0.25) is 4.79 Å². The fourth-order valence-electron chi connectivity index (χ4n) is 3.28. The Morgan fingerprint density at radius 1 is 1.27 bits per heavy atom. The van der Waals surface area contributed by atoms with Gasteiger partial charge in [-0.05, 0) is 36.8 Å². The number of carbonyl (C=O) groups excluding carboxylic acids is 1. The molecule has 1 aromatic carbocycles. The third-order valence-corrected chi connectivity index (χ3v) is 4.37. The van der Waals surface area contributed by atoms with Gasteiger partial charge in [0.05, 0.1) is 6.04 Å². The Kier molecular flexibility index (Phi) is 2.96. The number of nitrogens with one attached hydrogen (secondary N) is 1. The molecule has 22 heavy (non-hydrogen) atoms. The Labute approximate surface area is 127 Å². The maximum atomic E-state index is 12.9. The molecule has 1 aliphatic rings. The second-order valence-electron chi connectivity index (χ2n) is 5.58.